The minimum atomic E-state index is 0.848. The van der Waals surface area contributed by atoms with Crippen LogP contribution in [0, 0.1) is 0 Å². The second-order valence-corrected chi connectivity index (χ2v) is 4.87. The van der Waals surface area contributed by atoms with Crippen LogP contribution in [0.1, 0.15) is 77.6 Å². The summed E-state index contributed by atoms with van der Waals surface area (Å²) in [6, 6.07) is 0. The molecule has 0 atom stereocenters. The van der Waals surface area contributed by atoms with E-state index < -0.39 is 0 Å². The maximum atomic E-state index is 5.47. The molecule has 0 rings (SSSR count). The molecule has 0 unspecified atom stereocenters. The zero-order valence-corrected chi connectivity index (χ0v) is 11.9. The van der Waals surface area contributed by atoms with E-state index in [1.54, 1.807) is 0 Å². The van der Waals surface area contributed by atoms with Crippen molar-refractivity contribution in [2.24, 2.45) is 0 Å². The Bertz CT molecular complexity index is 142. The molecule has 0 spiro atoms. The molecule has 0 aromatic carbocycles. The zero-order valence-electron chi connectivity index (χ0n) is 11.9. The molecule has 0 fully saturated rings. The van der Waals surface area contributed by atoms with Gasteiger partial charge < -0.3 is 4.74 Å². The highest BCUT2D eigenvalue weighted by Crippen LogP contribution is 2.10. The van der Waals surface area contributed by atoms with E-state index in [0.29, 0.717) is 0 Å². The quantitative estimate of drug-likeness (QED) is 0.288. The average Bonchev–Trinajstić information content (AvgIpc) is 2.35. The summed E-state index contributed by atoms with van der Waals surface area (Å²) in [6.07, 6.45) is 16.8. The normalized spacial score (nSPS) is 10.6. The fourth-order valence-electron chi connectivity index (χ4n) is 1.96. The number of hydrogen-bond acceptors (Lipinski definition) is 1. The van der Waals surface area contributed by atoms with Crippen LogP contribution >= 0.6 is 0 Å². The Balaban J connectivity index is 2.87. The second-order valence-electron chi connectivity index (χ2n) is 4.87. The monoisotopic (exact) mass is 240 g/mol. The van der Waals surface area contributed by atoms with Crippen LogP contribution in [0.3, 0.4) is 0 Å². The van der Waals surface area contributed by atoms with Gasteiger partial charge in [0.1, 0.15) is 0 Å². The first-order valence-electron chi connectivity index (χ1n) is 7.60. The van der Waals surface area contributed by atoms with Crippen molar-refractivity contribution in [3.05, 3.63) is 12.7 Å². The number of unbranched alkanes of at least 4 members (excludes halogenated alkanes) is 9. The van der Waals surface area contributed by atoms with Crippen molar-refractivity contribution < 1.29 is 4.74 Å². The summed E-state index contributed by atoms with van der Waals surface area (Å²) in [5.74, 6) is 0. The average molecular weight is 240 g/mol. The molecule has 0 saturated carbocycles. The molecule has 0 aliphatic carbocycles. The van der Waals surface area contributed by atoms with Crippen LogP contribution in [0.25, 0.3) is 0 Å². The zero-order chi connectivity index (χ0) is 12.6. The highest BCUT2D eigenvalue weighted by molar-refractivity contribution is 4.64. The minimum Gasteiger partial charge on any atom is -0.381 e. The molecule has 0 aliphatic heterocycles. The van der Waals surface area contributed by atoms with Crippen LogP contribution in [0.5, 0.6) is 0 Å². The predicted molar refractivity (Wildman–Crippen MR) is 77.5 cm³/mol. The van der Waals surface area contributed by atoms with Crippen molar-refractivity contribution >= 4 is 0 Å². The lowest BCUT2D eigenvalue weighted by Gasteiger charge is -2.03. The maximum absolute atomic E-state index is 5.47. The summed E-state index contributed by atoms with van der Waals surface area (Å²) in [6.45, 7) is 7.73. The summed E-state index contributed by atoms with van der Waals surface area (Å²) in [4.78, 5) is 0. The van der Waals surface area contributed by atoms with E-state index >= 15 is 0 Å². The first-order chi connectivity index (χ1) is 8.41. The summed E-state index contributed by atoms with van der Waals surface area (Å²) < 4.78 is 5.47. The lowest BCUT2D eigenvalue weighted by atomic mass is 10.1. The van der Waals surface area contributed by atoms with Crippen molar-refractivity contribution in [3.63, 3.8) is 0 Å². The van der Waals surface area contributed by atoms with E-state index in [2.05, 4.69) is 13.5 Å². The molecule has 1 heteroatoms. The molecule has 0 aromatic rings. The van der Waals surface area contributed by atoms with E-state index in [9.17, 15) is 0 Å². The molecule has 0 saturated heterocycles. The van der Waals surface area contributed by atoms with Crippen LogP contribution in [0.15, 0.2) is 12.7 Å². The van der Waals surface area contributed by atoms with Gasteiger partial charge in [-0.1, -0.05) is 70.8 Å². The van der Waals surface area contributed by atoms with Gasteiger partial charge in [0.15, 0.2) is 0 Å². The minimum absolute atomic E-state index is 0.848. The smallest absolute Gasteiger partial charge is 0.0500 e. The standard InChI is InChI=1S/C16H32O/c1-3-5-7-8-9-10-11-12-13-14-16-17-15-6-4-2/h4H,2-3,5-16H2,1H3. The maximum Gasteiger partial charge on any atom is 0.0500 e. The predicted octanol–water partition coefficient (Wildman–Crippen LogP) is 5.50. The number of hydrogen-bond donors (Lipinski definition) is 0. The molecule has 0 heterocycles. The molecule has 1 nitrogen and oxygen atoms in total. The Morgan fingerprint density at radius 2 is 1.29 bits per heavy atom. The van der Waals surface area contributed by atoms with Gasteiger partial charge in [0.2, 0.25) is 0 Å². The third kappa shape index (κ3) is 15.7. The molecular formula is C16H32O. The van der Waals surface area contributed by atoms with E-state index in [-0.39, 0.29) is 0 Å². The SMILES string of the molecule is C=CCCOCCCCCCCCCCCC. The first-order valence-corrected chi connectivity index (χ1v) is 7.60. The Labute approximate surface area is 109 Å². The van der Waals surface area contributed by atoms with Gasteiger partial charge in [-0.2, -0.15) is 0 Å². The molecule has 0 amide bonds. The van der Waals surface area contributed by atoms with Crippen molar-refractivity contribution in [1.29, 1.82) is 0 Å². The lowest BCUT2D eigenvalue weighted by Crippen LogP contribution is -1.95. The topological polar surface area (TPSA) is 9.23 Å². The highest BCUT2D eigenvalue weighted by atomic mass is 16.5. The number of ether oxygens (including phenoxy) is 1. The van der Waals surface area contributed by atoms with E-state index in [1.165, 1.54) is 64.2 Å². The van der Waals surface area contributed by atoms with Gasteiger partial charge in [-0.25, -0.2) is 0 Å². The van der Waals surface area contributed by atoms with Gasteiger partial charge in [-0.3, -0.25) is 0 Å². The molecular weight excluding hydrogens is 208 g/mol. The van der Waals surface area contributed by atoms with Crippen molar-refractivity contribution in [2.75, 3.05) is 13.2 Å². The van der Waals surface area contributed by atoms with Crippen LogP contribution in [0.4, 0.5) is 0 Å². The van der Waals surface area contributed by atoms with Gasteiger partial charge in [-0.15, -0.1) is 6.58 Å². The second kappa shape index (κ2) is 15.7. The largest absolute Gasteiger partial charge is 0.381 e. The molecule has 0 bridgehead atoms. The Morgan fingerprint density at radius 1 is 0.765 bits per heavy atom. The molecule has 102 valence electrons. The third-order valence-corrected chi connectivity index (χ3v) is 3.11. The summed E-state index contributed by atoms with van der Waals surface area (Å²) in [5, 5.41) is 0. The molecule has 0 N–H and O–H groups in total. The van der Waals surface area contributed by atoms with E-state index in [4.69, 9.17) is 4.74 Å². The highest BCUT2D eigenvalue weighted by Gasteiger charge is 1.92. The van der Waals surface area contributed by atoms with Gasteiger partial charge in [0.05, 0.1) is 0 Å². The van der Waals surface area contributed by atoms with E-state index in [0.717, 1.165) is 19.6 Å². The van der Waals surface area contributed by atoms with Crippen molar-refractivity contribution in [3.8, 4) is 0 Å². The molecule has 17 heavy (non-hydrogen) atoms. The summed E-state index contributed by atoms with van der Waals surface area (Å²) in [7, 11) is 0. The van der Waals surface area contributed by atoms with Crippen LogP contribution < -0.4 is 0 Å². The Hall–Kier alpha value is -0.300. The van der Waals surface area contributed by atoms with Crippen molar-refractivity contribution in [1.82, 2.24) is 0 Å². The first kappa shape index (κ1) is 16.7. The van der Waals surface area contributed by atoms with Crippen LogP contribution in [0.2, 0.25) is 0 Å². The number of rotatable bonds is 14. The van der Waals surface area contributed by atoms with Gasteiger partial charge >= 0.3 is 0 Å². The van der Waals surface area contributed by atoms with Gasteiger partial charge in [0.25, 0.3) is 0 Å². The Kier molecular flexibility index (Phi) is 15.4. The lowest BCUT2D eigenvalue weighted by molar-refractivity contribution is 0.134. The Morgan fingerprint density at radius 3 is 1.82 bits per heavy atom. The molecule has 0 aromatic heterocycles. The van der Waals surface area contributed by atoms with E-state index in [1.807, 2.05) is 6.08 Å². The third-order valence-electron chi connectivity index (χ3n) is 3.11. The van der Waals surface area contributed by atoms with Crippen LogP contribution in [-0.2, 0) is 4.74 Å². The van der Waals surface area contributed by atoms with Crippen molar-refractivity contribution in [2.45, 2.75) is 77.6 Å². The molecule has 0 radical (unpaired) electrons. The molecule has 0 aliphatic rings. The summed E-state index contributed by atoms with van der Waals surface area (Å²) >= 11 is 0. The fourth-order valence-corrected chi connectivity index (χ4v) is 1.96. The van der Waals surface area contributed by atoms with Crippen LogP contribution in [-0.4, -0.2) is 13.2 Å². The fraction of sp³-hybridized carbons (Fsp3) is 0.875. The van der Waals surface area contributed by atoms with Gasteiger partial charge in [0, 0.05) is 13.2 Å². The van der Waals surface area contributed by atoms with Gasteiger partial charge in [-0.05, 0) is 12.8 Å². The summed E-state index contributed by atoms with van der Waals surface area (Å²) in [5.41, 5.74) is 0.